The zero-order valence-electron chi connectivity index (χ0n) is 24.4. The Labute approximate surface area is 246 Å². The van der Waals surface area contributed by atoms with Crippen LogP contribution in [0.5, 0.6) is 0 Å². The van der Waals surface area contributed by atoms with E-state index in [1.54, 1.807) is 30.4 Å². The summed E-state index contributed by atoms with van der Waals surface area (Å²) in [7, 11) is 0. The van der Waals surface area contributed by atoms with Crippen molar-refractivity contribution in [1.29, 1.82) is 0 Å². The number of ether oxygens (including phenoxy) is 2. The number of imidazole rings is 1. The number of nitrogens with zero attached hydrogens (tertiary/aromatic N) is 2. The number of aromatic nitrogens is 2. The molecule has 0 amide bonds. The minimum atomic E-state index is -0.955. The summed E-state index contributed by atoms with van der Waals surface area (Å²) in [6.45, 7) is 6.35. The number of benzene rings is 1. The van der Waals surface area contributed by atoms with Crippen LogP contribution in [0.1, 0.15) is 68.6 Å². The number of fused-ring (bicyclic) bond motifs is 1. The number of carbonyl (C=O) groups excluding carboxylic acids is 1. The van der Waals surface area contributed by atoms with Gasteiger partial charge < -0.3 is 30.2 Å². The molecule has 1 aliphatic heterocycles. The maximum atomic E-state index is 14.5. The summed E-state index contributed by atoms with van der Waals surface area (Å²) in [5, 5.41) is 12.9. The molecular formula is C32H41FN4O5. The quantitative estimate of drug-likeness (QED) is 0.138. The minimum Gasteiger partial charge on any atom is -0.478 e. The third kappa shape index (κ3) is 8.17. The fourth-order valence-electron chi connectivity index (χ4n) is 5.14. The van der Waals surface area contributed by atoms with E-state index < -0.39 is 11.8 Å². The first-order valence-corrected chi connectivity index (χ1v) is 14.7. The monoisotopic (exact) mass is 580 g/mol. The lowest BCUT2D eigenvalue weighted by molar-refractivity contribution is -0.113. The fraction of sp³-hybridized carbons (Fsp3) is 0.469. The largest absolute Gasteiger partial charge is 0.478 e. The van der Waals surface area contributed by atoms with E-state index in [4.69, 9.17) is 20.2 Å². The van der Waals surface area contributed by atoms with Crippen molar-refractivity contribution in [1.82, 2.24) is 14.9 Å². The molecule has 42 heavy (non-hydrogen) atoms. The first kappa shape index (κ1) is 31.2. The van der Waals surface area contributed by atoms with E-state index in [9.17, 15) is 19.1 Å². The molecule has 1 aromatic heterocycles. The predicted molar refractivity (Wildman–Crippen MR) is 159 cm³/mol. The molecule has 2 aliphatic rings. The second-order valence-corrected chi connectivity index (χ2v) is 10.8. The Morgan fingerprint density at radius 1 is 1.38 bits per heavy atom. The molecule has 1 aliphatic carbocycles. The predicted octanol–water partition coefficient (Wildman–Crippen LogP) is 5.33. The molecule has 4 rings (SSSR count). The number of hydrogen-bond acceptors (Lipinski definition) is 7. The number of Topliss-reactive ketones (excluding diaryl/α,β-unsaturated/α-hetero) is 1. The molecule has 1 saturated heterocycles. The Balaban J connectivity index is 1.24. The van der Waals surface area contributed by atoms with E-state index in [1.165, 1.54) is 6.92 Å². The Hall–Kier alpha value is -3.76. The van der Waals surface area contributed by atoms with Gasteiger partial charge >= 0.3 is 5.97 Å². The molecule has 9 nitrogen and oxygen atoms in total. The van der Waals surface area contributed by atoms with E-state index in [0.29, 0.717) is 37.4 Å². The van der Waals surface area contributed by atoms with Crippen LogP contribution in [0.2, 0.25) is 0 Å². The molecular weight excluding hydrogens is 539 g/mol. The highest BCUT2D eigenvalue weighted by molar-refractivity contribution is 5.97. The van der Waals surface area contributed by atoms with Crippen molar-refractivity contribution >= 4 is 22.8 Å². The SMILES string of the molecule is CCC(C/C=C\C=C(/N)OCC1=C(F)C(C(C)=O)=CCC1)CCNCc1nc2ccc(C(=O)O)cc2n1CC1CCO1. The van der Waals surface area contributed by atoms with Gasteiger partial charge in [-0.25, -0.2) is 14.2 Å². The highest BCUT2D eigenvalue weighted by Crippen LogP contribution is 2.27. The number of carbonyl (C=O) groups is 2. The molecule has 226 valence electrons. The van der Waals surface area contributed by atoms with Crippen molar-refractivity contribution in [2.45, 2.75) is 71.6 Å². The van der Waals surface area contributed by atoms with Crippen LogP contribution >= 0.6 is 0 Å². The van der Waals surface area contributed by atoms with Gasteiger partial charge in [0.25, 0.3) is 0 Å². The zero-order chi connectivity index (χ0) is 30.1. The average Bonchev–Trinajstić information content (AvgIpc) is 3.29. The standard InChI is InChI=1S/C32H41FN4O5/c1-3-22(7-4-5-10-29(34)42-20-24-8-6-9-26(21(2)38)31(24)33)13-15-35-18-30-36-27-12-11-23(32(39)40)17-28(27)37(30)19-25-14-16-41-25/h4-5,9-12,17,22,25,35H,3,6-8,13-16,18-20,34H2,1-2H3,(H,39,40)/b5-4-,29-10+. The number of halogens is 1. The summed E-state index contributed by atoms with van der Waals surface area (Å²) in [4.78, 5) is 27.8. The zero-order valence-corrected chi connectivity index (χ0v) is 24.4. The lowest BCUT2D eigenvalue weighted by Gasteiger charge is -2.27. The molecule has 0 radical (unpaired) electrons. The number of rotatable bonds is 16. The molecule has 2 aromatic rings. The van der Waals surface area contributed by atoms with Gasteiger partial charge in [0.05, 0.1) is 35.8 Å². The number of hydrogen-bond donors (Lipinski definition) is 3. The Bertz CT molecular complexity index is 1400. The number of allylic oxidation sites excluding steroid dienone is 6. The Morgan fingerprint density at radius 3 is 2.88 bits per heavy atom. The molecule has 2 atom stereocenters. The summed E-state index contributed by atoms with van der Waals surface area (Å²) in [5.41, 5.74) is 8.37. The number of carboxylic acids is 1. The first-order chi connectivity index (χ1) is 20.3. The van der Waals surface area contributed by atoms with Crippen LogP contribution in [-0.4, -0.2) is 52.3 Å². The van der Waals surface area contributed by atoms with Gasteiger partial charge in [-0.1, -0.05) is 31.6 Å². The van der Waals surface area contributed by atoms with Crippen LogP contribution in [0.3, 0.4) is 0 Å². The van der Waals surface area contributed by atoms with Crippen LogP contribution in [0.4, 0.5) is 4.39 Å². The van der Waals surface area contributed by atoms with Crippen molar-refractivity contribution < 1.29 is 28.6 Å². The summed E-state index contributed by atoms with van der Waals surface area (Å²) in [6, 6.07) is 5.04. The van der Waals surface area contributed by atoms with Gasteiger partial charge in [0.2, 0.25) is 0 Å². The lowest BCUT2D eigenvalue weighted by atomic mass is 9.96. The average molecular weight is 581 g/mol. The fourth-order valence-corrected chi connectivity index (χ4v) is 5.14. The normalized spacial score (nSPS) is 18.3. The van der Waals surface area contributed by atoms with Gasteiger partial charge in [0, 0.05) is 17.8 Å². The minimum absolute atomic E-state index is 0.0259. The van der Waals surface area contributed by atoms with Crippen molar-refractivity contribution in [2.24, 2.45) is 11.7 Å². The Morgan fingerprint density at radius 2 is 2.19 bits per heavy atom. The van der Waals surface area contributed by atoms with Gasteiger partial charge in [0.1, 0.15) is 18.3 Å². The summed E-state index contributed by atoms with van der Waals surface area (Å²) < 4.78 is 27.7. The molecule has 2 unspecified atom stereocenters. The second kappa shape index (κ2) is 14.9. The maximum absolute atomic E-state index is 14.5. The molecule has 0 spiro atoms. The van der Waals surface area contributed by atoms with Crippen LogP contribution in [-0.2, 0) is 27.4 Å². The van der Waals surface area contributed by atoms with Crippen LogP contribution in [0, 0.1) is 5.92 Å². The molecule has 2 heterocycles. The highest BCUT2D eigenvalue weighted by Gasteiger charge is 2.22. The van der Waals surface area contributed by atoms with Crippen molar-refractivity contribution in [2.75, 3.05) is 19.8 Å². The van der Waals surface area contributed by atoms with E-state index in [-0.39, 0.29) is 35.5 Å². The van der Waals surface area contributed by atoms with Gasteiger partial charge in [0.15, 0.2) is 11.7 Å². The highest BCUT2D eigenvalue weighted by atomic mass is 19.1. The molecule has 0 bridgehead atoms. The number of aromatic carboxylic acids is 1. The Kier molecular flexibility index (Phi) is 11.1. The number of nitrogens with two attached hydrogens (primary N) is 1. The van der Waals surface area contributed by atoms with Gasteiger partial charge in [-0.15, -0.1) is 0 Å². The molecule has 4 N–H and O–H groups in total. The van der Waals surface area contributed by atoms with E-state index >= 15 is 0 Å². The van der Waals surface area contributed by atoms with Gasteiger partial charge in [-0.2, -0.15) is 0 Å². The van der Waals surface area contributed by atoms with Crippen LogP contribution in [0.15, 0.2) is 65.4 Å². The van der Waals surface area contributed by atoms with Gasteiger partial charge in [-0.05, 0) is 75.8 Å². The topological polar surface area (TPSA) is 129 Å². The number of ketones is 1. The molecule has 0 saturated carbocycles. The van der Waals surface area contributed by atoms with Crippen LogP contribution < -0.4 is 11.1 Å². The molecule has 1 aromatic carbocycles. The molecule has 1 fully saturated rings. The van der Waals surface area contributed by atoms with Crippen molar-refractivity contribution in [3.8, 4) is 0 Å². The molecule has 10 heteroatoms. The van der Waals surface area contributed by atoms with Crippen molar-refractivity contribution in [3.05, 3.63) is 76.7 Å². The first-order valence-electron chi connectivity index (χ1n) is 14.7. The third-order valence-corrected chi connectivity index (χ3v) is 7.84. The summed E-state index contributed by atoms with van der Waals surface area (Å²) >= 11 is 0. The second-order valence-electron chi connectivity index (χ2n) is 10.8. The smallest absolute Gasteiger partial charge is 0.335 e. The maximum Gasteiger partial charge on any atom is 0.335 e. The van der Waals surface area contributed by atoms with Crippen LogP contribution in [0.25, 0.3) is 11.0 Å². The van der Waals surface area contributed by atoms with Crippen molar-refractivity contribution in [3.63, 3.8) is 0 Å². The van der Waals surface area contributed by atoms with E-state index in [0.717, 1.165) is 55.7 Å². The number of nitrogens with one attached hydrogen (secondary N) is 1. The number of carboxylic acid groups (broad SMARTS) is 1. The summed E-state index contributed by atoms with van der Waals surface area (Å²) in [5.74, 6) is -0.188. The van der Waals surface area contributed by atoms with E-state index in [2.05, 4.69) is 22.9 Å². The van der Waals surface area contributed by atoms with Gasteiger partial charge in [-0.3, -0.25) is 4.79 Å². The lowest BCUT2D eigenvalue weighted by Crippen LogP contribution is -2.32. The summed E-state index contributed by atoms with van der Waals surface area (Å²) in [6.07, 6.45) is 12.3. The van der Waals surface area contributed by atoms with E-state index in [1.807, 2.05) is 6.08 Å². The third-order valence-electron chi connectivity index (χ3n) is 7.84.